The van der Waals surface area contributed by atoms with Crippen molar-refractivity contribution in [1.82, 2.24) is 15.2 Å². The SMILES string of the molecule is COC(=O)c1ccnc(NC(=O)Cc2[nH]nc3ccccc23)c1. The number of para-hydroxylation sites is 1. The highest BCUT2D eigenvalue weighted by Crippen LogP contribution is 2.16. The van der Waals surface area contributed by atoms with Crippen LogP contribution in [0.1, 0.15) is 16.1 Å². The van der Waals surface area contributed by atoms with Gasteiger partial charge < -0.3 is 10.1 Å². The van der Waals surface area contributed by atoms with Crippen LogP contribution in [0.2, 0.25) is 0 Å². The van der Waals surface area contributed by atoms with Crippen LogP contribution in [0.15, 0.2) is 42.6 Å². The van der Waals surface area contributed by atoms with Gasteiger partial charge >= 0.3 is 5.97 Å². The lowest BCUT2D eigenvalue weighted by Gasteiger charge is -2.05. The number of ether oxygens (including phenoxy) is 1. The Hall–Kier alpha value is -3.22. The van der Waals surface area contributed by atoms with Crippen molar-refractivity contribution < 1.29 is 14.3 Å². The Bertz CT molecular complexity index is 872. The number of H-pyrrole nitrogens is 1. The number of methoxy groups -OCH3 is 1. The maximum absolute atomic E-state index is 12.2. The van der Waals surface area contributed by atoms with Crippen LogP contribution in [-0.2, 0) is 16.0 Å². The Morgan fingerprint density at radius 1 is 1.26 bits per heavy atom. The number of hydrogen-bond acceptors (Lipinski definition) is 5. The van der Waals surface area contributed by atoms with Crippen molar-refractivity contribution in [3.8, 4) is 0 Å². The predicted molar refractivity (Wildman–Crippen MR) is 84.0 cm³/mol. The summed E-state index contributed by atoms with van der Waals surface area (Å²) in [6.07, 6.45) is 1.57. The molecule has 3 aromatic rings. The molecule has 0 saturated heterocycles. The van der Waals surface area contributed by atoms with E-state index < -0.39 is 5.97 Å². The number of aromatic nitrogens is 3. The first kappa shape index (κ1) is 14.7. The van der Waals surface area contributed by atoms with Crippen LogP contribution in [-0.4, -0.2) is 34.2 Å². The van der Waals surface area contributed by atoms with Crippen molar-refractivity contribution in [1.29, 1.82) is 0 Å². The first-order valence-corrected chi connectivity index (χ1v) is 6.93. The number of anilines is 1. The van der Waals surface area contributed by atoms with E-state index in [9.17, 15) is 9.59 Å². The third kappa shape index (κ3) is 3.18. The van der Waals surface area contributed by atoms with E-state index in [1.807, 2.05) is 24.3 Å². The van der Waals surface area contributed by atoms with E-state index in [0.29, 0.717) is 11.4 Å². The molecule has 2 heterocycles. The van der Waals surface area contributed by atoms with Crippen LogP contribution < -0.4 is 5.32 Å². The minimum Gasteiger partial charge on any atom is -0.465 e. The Labute approximate surface area is 131 Å². The normalized spacial score (nSPS) is 10.5. The lowest BCUT2D eigenvalue weighted by atomic mass is 10.1. The quantitative estimate of drug-likeness (QED) is 0.718. The summed E-state index contributed by atoms with van der Waals surface area (Å²) in [7, 11) is 1.30. The van der Waals surface area contributed by atoms with Crippen molar-refractivity contribution in [3.63, 3.8) is 0 Å². The lowest BCUT2D eigenvalue weighted by Crippen LogP contribution is -2.16. The van der Waals surface area contributed by atoms with Crippen LogP contribution in [0.25, 0.3) is 10.9 Å². The van der Waals surface area contributed by atoms with Gasteiger partial charge in [0.15, 0.2) is 0 Å². The monoisotopic (exact) mass is 310 g/mol. The van der Waals surface area contributed by atoms with Crippen molar-refractivity contribution in [3.05, 3.63) is 53.9 Å². The maximum Gasteiger partial charge on any atom is 0.338 e. The van der Waals surface area contributed by atoms with Gasteiger partial charge in [-0.1, -0.05) is 18.2 Å². The topological polar surface area (TPSA) is 97.0 Å². The fourth-order valence-corrected chi connectivity index (χ4v) is 2.24. The molecule has 1 amide bonds. The molecule has 1 aromatic carbocycles. The summed E-state index contributed by atoms with van der Waals surface area (Å²) in [6, 6.07) is 10.5. The van der Waals surface area contributed by atoms with E-state index in [2.05, 4.69) is 25.2 Å². The van der Waals surface area contributed by atoms with Gasteiger partial charge in [-0.25, -0.2) is 9.78 Å². The summed E-state index contributed by atoms with van der Waals surface area (Å²) < 4.78 is 4.64. The highest BCUT2D eigenvalue weighted by molar-refractivity contribution is 5.96. The Morgan fingerprint density at radius 3 is 2.91 bits per heavy atom. The van der Waals surface area contributed by atoms with E-state index in [4.69, 9.17) is 0 Å². The number of rotatable bonds is 4. The average Bonchev–Trinajstić information content (AvgIpc) is 2.97. The molecule has 0 fully saturated rings. The molecule has 7 heteroatoms. The van der Waals surface area contributed by atoms with Crippen LogP contribution in [0.4, 0.5) is 5.82 Å². The Kier molecular flexibility index (Phi) is 4.01. The number of benzene rings is 1. The molecule has 0 spiro atoms. The molecular formula is C16H14N4O3. The third-order valence-corrected chi connectivity index (χ3v) is 3.33. The molecular weight excluding hydrogens is 296 g/mol. The molecule has 7 nitrogen and oxygen atoms in total. The third-order valence-electron chi connectivity index (χ3n) is 3.33. The van der Waals surface area contributed by atoms with Crippen LogP contribution in [0.5, 0.6) is 0 Å². The molecule has 0 atom stereocenters. The summed E-state index contributed by atoms with van der Waals surface area (Å²) in [6.45, 7) is 0. The number of carbonyl (C=O) groups excluding carboxylic acids is 2. The highest BCUT2D eigenvalue weighted by Gasteiger charge is 2.12. The summed E-state index contributed by atoms with van der Waals surface area (Å²) >= 11 is 0. The minimum absolute atomic E-state index is 0.130. The molecule has 0 radical (unpaired) electrons. The van der Waals surface area contributed by atoms with E-state index in [1.54, 1.807) is 0 Å². The molecule has 23 heavy (non-hydrogen) atoms. The number of aromatic amines is 1. The molecule has 0 bridgehead atoms. The van der Waals surface area contributed by atoms with Crippen molar-refractivity contribution in [2.24, 2.45) is 0 Å². The van der Waals surface area contributed by atoms with E-state index in [0.717, 1.165) is 16.6 Å². The van der Waals surface area contributed by atoms with Gasteiger partial charge in [-0.3, -0.25) is 9.89 Å². The van der Waals surface area contributed by atoms with Gasteiger partial charge in [0.05, 0.1) is 30.3 Å². The molecule has 0 saturated carbocycles. The number of esters is 1. The molecule has 2 N–H and O–H groups in total. The van der Waals surface area contributed by atoms with Crippen LogP contribution in [0, 0.1) is 0 Å². The van der Waals surface area contributed by atoms with Gasteiger partial charge in [0.25, 0.3) is 0 Å². The van der Waals surface area contributed by atoms with Crippen molar-refractivity contribution in [2.75, 3.05) is 12.4 Å². The van der Waals surface area contributed by atoms with Crippen molar-refractivity contribution in [2.45, 2.75) is 6.42 Å². The average molecular weight is 310 g/mol. The number of carbonyl (C=O) groups is 2. The zero-order valence-corrected chi connectivity index (χ0v) is 12.4. The number of hydrogen-bond donors (Lipinski definition) is 2. The van der Waals surface area contributed by atoms with Crippen LogP contribution >= 0.6 is 0 Å². The number of nitrogens with one attached hydrogen (secondary N) is 2. The van der Waals surface area contributed by atoms with Crippen molar-refractivity contribution >= 4 is 28.6 Å². The first-order valence-electron chi connectivity index (χ1n) is 6.93. The standard InChI is InChI=1S/C16H14N4O3/c1-23-16(22)10-6-7-17-14(8-10)18-15(21)9-13-11-4-2-3-5-12(11)19-20-13/h2-8H,9H2,1H3,(H,19,20)(H,17,18,21). The zero-order valence-electron chi connectivity index (χ0n) is 12.4. The minimum atomic E-state index is -0.484. The fraction of sp³-hybridized carbons (Fsp3) is 0.125. The van der Waals surface area contributed by atoms with Gasteiger partial charge in [-0.15, -0.1) is 0 Å². The van der Waals surface area contributed by atoms with E-state index in [1.165, 1.54) is 25.4 Å². The van der Waals surface area contributed by atoms with Crippen LogP contribution in [0.3, 0.4) is 0 Å². The van der Waals surface area contributed by atoms with E-state index >= 15 is 0 Å². The van der Waals surface area contributed by atoms with Gasteiger partial charge in [0, 0.05) is 11.6 Å². The second-order valence-electron chi connectivity index (χ2n) is 4.87. The highest BCUT2D eigenvalue weighted by atomic mass is 16.5. The summed E-state index contributed by atoms with van der Waals surface area (Å²) in [4.78, 5) is 27.7. The summed E-state index contributed by atoms with van der Waals surface area (Å²) in [5, 5.41) is 10.6. The molecule has 116 valence electrons. The molecule has 2 aromatic heterocycles. The lowest BCUT2D eigenvalue weighted by molar-refractivity contribution is -0.115. The van der Waals surface area contributed by atoms with Gasteiger partial charge in [-0.05, 0) is 18.2 Å². The second-order valence-corrected chi connectivity index (χ2v) is 4.87. The largest absolute Gasteiger partial charge is 0.465 e. The van der Waals surface area contributed by atoms with Gasteiger partial charge in [-0.2, -0.15) is 5.10 Å². The predicted octanol–water partition coefficient (Wildman–Crippen LogP) is 1.93. The number of fused-ring (bicyclic) bond motifs is 1. The Balaban J connectivity index is 1.73. The second kappa shape index (κ2) is 6.27. The molecule has 3 rings (SSSR count). The Morgan fingerprint density at radius 2 is 2.09 bits per heavy atom. The summed E-state index contributed by atoms with van der Waals surface area (Å²) in [5.41, 5.74) is 1.85. The first-order chi connectivity index (χ1) is 11.2. The van der Waals surface area contributed by atoms with Gasteiger partial charge in [0.2, 0.25) is 5.91 Å². The molecule has 0 unspecified atom stereocenters. The number of nitrogens with zero attached hydrogens (tertiary/aromatic N) is 2. The molecule has 0 aliphatic heterocycles. The maximum atomic E-state index is 12.2. The fourth-order valence-electron chi connectivity index (χ4n) is 2.24. The number of pyridine rings is 1. The molecule has 0 aliphatic rings. The summed E-state index contributed by atoms with van der Waals surface area (Å²) in [5.74, 6) is -0.446. The van der Waals surface area contributed by atoms with E-state index in [-0.39, 0.29) is 12.3 Å². The number of amides is 1. The zero-order chi connectivity index (χ0) is 16.2. The van der Waals surface area contributed by atoms with Gasteiger partial charge in [0.1, 0.15) is 5.82 Å². The smallest absolute Gasteiger partial charge is 0.338 e. The molecule has 0 aliphatic carbocycles.